The van der Waals surface area contributed by atoms with Gasteiger partial charge in [0.2, 0.25) is 0 Å². The molecule has 22 heavy (non-hydrogen) atoms. The molecule has 0 radical (unpaired) electrons. The number of benzene rings is 2. The van der Waals surface area contributed by atoms with Crippen molar-refractivity contribution in [1.29, 1.82) is 0 Å². The first-order valence-electron chi connectivity index (χ1n) is 6.42. The molecular weight excluding hydrogens is 329 g/mol. The predicted octanol–water partition coefficient (Wildman–Crippen LogP) is 3.65. The summed E-state index contributed by atoms with van der Waals surface area (Å²) in [6.07, 6.45) is 0. The molecule has 0 saturated heterocycles. The summed E-state index contributed by atoms with van der Waals surface area (Å²) in [5.41, 5.74) is 2.35. The zero-order valence-corrected chi connectivity index (χ0v) is 13.6. The number of rotatable bonds is 6. The molecule has 0 heterocycles. The molecule has 118 valence electrons. The Morgan fingerprint density at radius 2 is 1.91 bits per heavy atom. The Morgan fingerprint density at radius 3 is 2.64 bits per heavy atom. The molecule has 0 spiro atoms. The van der Waals surface area contributed by atoms with Crippen molar-refractivity contribution >= 4 is 34.9 Å². The van der Waals surface area contributed by atoms with Crippen molar-refractivity contribution in [2.45, 2.75) is 13.0 Å². The highest BCUT2D eigenvalue weighted by Crippen LogP contribution is 2.54. The van der Waals surface area contributed by atoms with Crippen LogP contribution >= 0.6 is 18.2 Å². The smallest absolute Gasteiger partial charge is 0.404 e. The van der Waals surface area contributed by atoms with E-state index in [9.17, 15) is 9.36 Å². The molecule has 0 aliphatic carbocycles. The molecule has 0 aliphatic rings. The fraction of sp³-hybridized carbons (Fsp3) is 0.214. The van der Waals surface area contributed by atoms with Crippen LogP contribution in [0.4, 0.5) is 0 Å². The first-order valence-corrected chi connectivity index (χ1v) is 8.87. The van der Waals surface area contributed by atoms with Crippen LogP contribution in [0.5, 0.6) is 5.75 Å². The van der Waals surface area contributed by atoms with Gasteiger partial charge in [0.1, 0.15) is 11.8 Å². The second-order valence-corrected chi connectivity index (χ2v) is 6.92. The number of nitrogens with one attached hydrogen (secondary N) is 1. The molecule has 0 fully saturated rings. The number of carbonyl (C=O) groups excluding carboxylic acids is 1. The fourth-order valence-corrected chi connectivity index (χ4v) is 3.05. The standard InChI is InChI=1S/C14H15ClNO5P/c1-10(16-19-2)14(17)21-22(15,18)20-13-9-5-7-11-6-3-4-8-12(11)13/h3-10,16H,1-2H3/t10-,22?/m0/s1. The van der Waals surface area contributed by atoms with E-state index in [0.29, 0.717) is 5.39 Å². The van der Waals surface area contributed by atoms with Gasteiger partial charge >= 0.3 is 12.9 Å². The highest BCUT2D eigenvalue weighted by molar-refractivity contribution is 7.82. The van der Waals surface area contributed by atoms with E-state index in [4.69, 9.17) is 20.3 Å². The predicted molar refractivity (Wildman–Crippen MR) is 83.7 cm³/mol. The summed E-state index contributed by atoms with van der Waals surface area (Å²) in [5.74, 6) is -0.572. The van der Waals surface area contributed by atoms with Gasteiger partial charge in [0, 0.05) is 16.6 Å². The van der Waals surface area contributed by atoms with Gasteiger partial charge in [0.05, 0.1) is 7.11 Å². The van der Waals surface area contributed by atoms with Crippen LogP contribution in [0.15, 0.2) is 42.5 Å². The molecule has 2 aromatic rings. The molecular formula is C14H15ClNO5P. The van der Waals surface area contributed by atoms with Crippen LogP contribution in [0.3, 0.4) is 0 Å². The Hall–Kier alpha value is -1.59. The van der Waals surface area contributed by atoms with Gasteiger partial charge in [-0.3, -0.25) is 0 Å². The van der Waals surface area contributed by atoms with Crippen molar-refractivity contribution in [3.05, 3.63) is 42.5 Å². The highest BCUT2D eigenvalue weighted by Gasteiger charge is 2.31. The van der Waals surface area contributed by atoms with E-state index in [0.717, 1.165) is 5.39 Å². The van der Waals surface area contributed by atoms with Crippen molar-refractivity contribution in [3.8, 4) is 5.75 Å². The molecule has 6 nitrogen and oxygen atoms in total. The minimum atomic E-state index is -4.13. The quantitative estimate of drug-likeness (QED) is 0.637. The Bertz CT molecular complexity index is 718. The van der Waals surface area contributed by atoms with Crippen molar-refractivity contribution in [2.75, 3.05) is 7.11 Å². The fourth-order valence-electron chi connectivity index (χ4n) is 1.82. The molecule has 1 N–H and O–H groups in total. The first-order chi connectivity index (χ1) is 10.4. The van der Waals surface area contributed by atoms with Gasteiger partial charge in [0.25, 0.3) is 0 Å². The number of fused-ring (bicyclic) bond motifs is 1. The van der Waals surface area contributed by atoms with Crippen LogP contribution in [-0.4, -0.2) is 19.1 Å². The average Bonchev–Trinajstić information content (AvgIpc) is 2.47. The largest absolute Gasteiger partial charge is 0.532 e. The molecule has 0 amide bonds. The molecule has 1 unspecified atom stereocenters. The van der Waals surface area contributed by atoms with Gasteiger partial charge in [-0.2, -0.15) is 5.48 Å². The molecule has 2 atom stereocenters. The monoisotopic (exact) mass is 343 g/mol. The number of hydrogen-bond donors (Lipinski definition) is 1. The number of hydroxylamine groups is 1. The summed E-state index contributed by atoms with van der Waals surface area (Å²) in [5, 5.41) is 1.60. The molecule has 8 heteroatoms. The van der Waals surface area contributed by atoms with Crippen molar-refractivity contribution in [2.24, 2.45) is 0 Å². The molecule has 2 aromatic carbocycles. The summed E-state index contributed by atoms with van der Waals surface area (Å²) >= 11 is 5.73. The minimum absolute atomic E-state index is 0.275. The van der Waals surface area contributed by atoms with Crippen molar-refractivity contribution in [1.82, 2.24) is 5.48 Å². The van der Waals surface area contributed by atoms with Crippen LogP contribution in [-0.2, 0) is 18.7 Å². The van der Waals surface area contributed by atoms with E-state index in [1.165, 1.54) is 14.0 Å². The van der Waals surface area contributed by atoms with Gasteiger partial charge in [0.15, 0.2) is 0 Å². The lowest BCUT2D eigenvalue weighted by molar-refractivity contribution is -0.139. The van der Waals surface area contributed by atoms with E-state index in [2.05, 4.69) is 10.3 Å². The van der Waals surface area contributed by atoms with E-state index in [1.54, 1.807) is 18.2 Å². The molecule has 0 aliphatic heterocycles. The van der Waals surface area contributed by atoms with Gasteiger partial charge in [-0.05, 0) is 18.4 Å². The second-order valence-electron chi connectivity index (χ2n) is 4.45. The molecule has 0 bridgehead atoms. The Labute approximate surface area is 132 Å². The first kappa shape index (κ1) is 16.8. The molecule has 0 saturated carbocycles. The average molecular weight is 344 g/mol. The summed E-state index contributed by atoms with van der Waals surface area (Å²) in [6.45, 7) is -2.65. The van der Waals surface area contributed by atoms with Gasteiger partial charge < -0.3 is 13.9 Å². The Balaban J connectivity index is 2.17. The summed E-state index contributed by atoms with van der Waals surface area (Å²) < 4.78 is 22.1. The normalized spacial score (nSPS) is 15.0. The number of carbonyl (C=O) groups is 1. The molecule has 2 rings (SSSR count). The Morgan fingerprint density at radius 1 is 1.23 bits per heavy atom. The maximum Gasteiger partial charge on any atom is 0.532 e. The van der Waals surface area contributed by atoms with Crippen molar-refractivity contribution < 1.29 is 23.2 Å². The van der Waals surface area contributed by atoms with Gasteiger partial charge in [-0.1, -0.05) is 36.4 Å². The lowest BCUT2D eigenvalue weighted by Crippen LogP contribution is -2.34. The SMILES string of the molecule is CON[C@@H](C)C(=O)OP(=O)(Cl)Oc1cccc2ccccc12. The second kappa shape index (κ2) is 7.11. The van der Waals surface area contributed by atoms with Crippen LogP contribution < -0.4 is 10.0 Å². The zero-order chi connectivity index (χ0) is 16.2. The minimum Gasteiger partial charge on any atom is -0.404 e. The number of hydrogen-bond acceptors (Lipinski definition) is 6. The van der Waals surface area contributed by atoms with Gasteiger partial charge in [-0.25, -0.2) is 9.36 Å². The summed E-state index contributed by atoms with van der Waals surface area (Å²) in [4.78, 5) is 16.3. The highest BCUT2D eigenvalue weighted by atomic mass is 35.7. The van der Waals surface area contributed by atoms with E-state index >= 15 is 0 Å². The number of halogens is 1. The maximum atomic E-state index is 12.2. The third-order valence-electron chi connectivity index (χ3n) is 2.80. The van der Waals surface area contributed by atoms with Crippen LogP contribution in [0.25, 0.3) is 10.8 Å². The third-order valence-corrected chi connectivity index (χ3v) is 4.03. The van der Waals surface area contributed by atoms with Crippen LogP contribution in [0, 0.1) is 0 Å². The lowest BCUT2D eigenvalue weighted by atomic mass is 10.1. The topological polar surface area (TPSA) is 73.9 Å². The zero-order valence-electron chi connectivity index (χ0n) is 12.0. The van der Waals surface area contributed by atoms with Gasteiger partial charge in [-0.15, -0.1) is 0 Å². The van der Waals surface area contributed by atoms with E-state index in [-0.39, 0.29) is 5.75 Å². The summed E-state index contributed by atoms with van der Waals surface area (Å²) in [7, 11) is 1.34. The van der Waals surface area contributed by atoms with Crippen LogP contribution in [0.2, 0.25) is 0 Å². The lowest BCUT2D eigenvalue weighted by Gasteiger charge is -2.16. The van der Waals surface area contributed by atoms with E-state index in [1.807, 2.05) is 24.3 Å². The van der Waals surface area contributed by atoms with E-state index < -0.39 is 19.0 Å². The Kier molecular flexibility index (Phi) is 5.42. The maximum absolute atomic E-state index is 12.2. The third kappa shape index (κ3) is 4.21. The molecule has 0 aromatic heterocycles. The van der Waals surface area contributed by atoms with Crippen LogP contribution in [0.1, 0.15) is 6.92 Å². The van der Waals surface area contributed by atoms with Crippen molar-refractivity contribution in [3.63, 3.8) is 0 Å². The summed E-state index contributed by atoms with van der Waals surface area (Å²) in [6, 6.07) is 11.7.